The fourth-order valence-electron chi connectivity index (χ4n) is 5.21. The third-order valence-electron chi connectivity index (χ3n) is 7.71. The summed E-state index contributed by atoms with van der Waals surface area (Å²) in [6.07, 6.45) is 0.0707. The number of rotatable bonds is 11. The minimum atomic E-state index is -4.29. The van der Waals surface area contributed by atoms with Crippen LogP contribution in [0.3, 0.4) is 0 Å². The molecular formula is C36H30F8O3. The zero-order valence-electron chi connectivity index (χ0n) is 25.2. The summed E-state index contributed by atoms with van der Waals surface area (Å²) >= 11 is 0. The molecule has 4 aromatic rings. The predicted octanol–water partition coefficient (Wildman–Crippen LogP) is 10.8. The molecular weight excluding hydrogens is 632 g/mol. The normalized spacial score (nSPS) is 17.0. The first kappa shape index (κ1) is 34.1. The van der Waals surface area contributed by atoms with E-state index in [0.717, 1.165) is 37.0 Å². The maximum atomic E-state index is 15.2. The van der Waals surface area contributed by atoms with Crippen molar-refractivity contribution in [2.75, 3.05) is 13.2 Å². The van der Waals surface area contributed by atoms with Gasteiger partial charge < -0.3 is 14.2 Å². The van der Waals surface area contributed by atoms with Crippen molar-refractivity contribution in [3.05, 3.63) is 119 Å². The Balaban J connectivity index is 1.26. The lowest BCUT2D eigenvalue weighted by atomic mass is 9.97. The van der Waals surface area contributed by atoms with Gasteiger partial charge in [0.15, 0.2) is 23.7 Å². The number of ether oxygens (including phenoxy) is 3. The van der Waals surface area contributed by atoms with E-state index in [0.29, 0.717) is 36.3 Å². The molecule has 0 N–H and O–H groups in total. The third kappa shape index (κ3) is 8.39. The highest BCUT2D eigenvalue weighted by molar-refractivity contribution is 5.72. The van der Waals surface area contributed by atoms with E-state index in [1.54, 1.807) is 18.2 Å². The van der Waals surface area contributed by atoms with Crippen LogP contribution in [0.5, 0.6) is 5.75 Å². The molecule has 5 rings (SSSR count). The summed E-state index contributed by atoms with van der Waals surface area (Å²) in [4.78, 5) is 0. The van der Waals surface area contributed by atoms with Gasteiger partial charge in [-0.05, 0) is 47.4 Å². The number of alkyl halides is 2. The topological polar surface area (TPSA) is 27.7 Å². The Labute approximate surface area is 266 Å². The first-order valence-corrected chi connectivity index (χ1v) is 15.0. The molecule has 1 aliphatic heterocycles. The van der Waals surface area contributed by atoms with Crippen LogP contribution in [0.1, 0.15) is 50.0 Å². The van der Waals surface area contributed by atoms with Crippen molar-refractivity contribution in [2.45, 2.75) is 45.0 Å². The standard InChI is InChI=1S/C36H30F8O3/c1-2-3-4-5-21-19-45-35(46-20-21)23-8-6-22(7-9-23)24-10-11-27(29(37)14-24)25-15-30(38)28(31(39)16-25)12-13-36(43,44)47-26-17-32(40)34(42)33(41)18-26/h6-18,21,35H,2-5,19-20H2,1H3. The lowest BCUT2D eigenvalue weighted by Gasteiger charge is -2.29. The highest BCUT2D eigenvalue weighted by Gasteiger charge is 2.29. The van der Waals surface area contributed by atoms with Crippen molar-refractivity contribution in [3.63, 3.8) is 0 Å². The van der Waals surface area contributed by atoms with E-state index >= 15 is 4.39 Å². The molecule has 248 valence electrons. The lowest BCUT2D eigenvalue weighted by Crippen LogP contribution is -2.27. The Morgan fingerprint density at radius 3 is 1.91 bits per heavy atom. The Kier molecular flexibility index (Phi) is 10.7. The molecule has 1 fully saturated rings. The first-order chi connectivity index (χ1) is 22.4. The summed E-state index contributed by atoms with van der Waals surface area (Å²) in [6.45, 7) is 3.39. The van der Waals surface area contributed by atoms with Crippen LogP contribution in [-0.4, -0.2) is 19.3 Å². The monoisotopic (exact) mass is 662 g/mol. The highest BCUT2D eigenvalue weighted by Crippen LogP contribution is 2.33. The van der Waals surface area contributed by atoms with Gasteiger partial charge in [-0.2, -0.15) is 8.78 Å². The third-order valence-corrected chi connectivity index (χ3v) is 7.71. The molecule has 0 spiro atoms. The molecule has 1 aliphatic rings. The van der Waals surface area contributed by atoms with Crippen molar-refractivity contribution in [1.82, 2.24) is 0 Å². The molecule has 3 nitrogen and oxygen atoms in total. The summed E-state index contributed by atoms with van der Waals surface area (Å²) in [5, 5.41) is 0. The number of benzene rings is 4. The van der Waals surface area contributed by atoms with Gasteiger partial charge in [-0.3, -0.25) is 0 Å². The molecule has 47 heavy (non-hydrogen) atoms. The molecule has 0 unspecified atom stereocenters. The summed E-state index contributed by atoms with van der Waals surface area (Å²) in [6, 6.07) is 13.3. The quantitative estimate of drug-likeness (QED) is 0.0909. The molecule has 0 aliphatic carbocycles. The lowest BCUT2D eigenvalue weighted by molar-refractivity contribution is -0.206. The van der Waals surface area contributed by atoms with Crippen LogP contribution in [0.15, 0.2) is 72.8 Å². The van der Waals surface area contributed by atoms with Gasteiger partial charge in [0.05, 0.1) is 13.2 Å². The smallest absolute Gasteiger partial charge is 0.419 e. The molecule has 0 saturated carbocycles. The number of halogens is 8. The van der Waals surface area contributed by atoms with Gasteiger partial charge in [-0.15, -0.1) is 0 Å². The van der Waals surface area contributed by atoms with Crippen molar-refractivity contribution < 1.29 is 49.3 Å². The van der Waals surface area contributed by atoms with Crippen LogP contribution in [0.2, 0.25) is 0 Å². The van der Waals surface area contributed by atoms with Gasteiger partial charge in [-0.25, -0.2) is 26.3 Å². The Morgan fingerprint density at radius 1 is 0.723 bits per heavy atom. The maximum absolute atomic E-state index is 15.2. The largest absolute Gasteiger partial charge is 0.429 e. The van der Waals surface area contributed by atoms with Gasteiger partial charge in [0.2, 0.25) is 0 Å². The van der Waals surface area contributed by atoms with E-state index in [4.69, 9.17) is 9.47 Å². The molecule has 1 heterocycles. The summed E-state index contributed by atoms with van der Waals surface area (Å²) < 4.78 is 129. The van der Waals surface area contributed by atoms with E-state index in [1.807, 2.05) is 12.1 Å². The Morgan fingerprint density at radius 2 is 1.32 bits per heavy atom. The summed E-state index contributed by atoms with van der Waals surface area (Å²) in [5.74, 6) is -9.46. The van der Waals surface area contributed by atoms with Crippen molar-refractivity contribution in [3.8, 4) is 28.0 Å². The molecule has 0 radical (unpaired) electrons. The predicted molar refractivity (Wildman–Crippen MR) is 160 cm³/mol. The van der Waals surface area contributed by atoms with Crippen molar-refractivity contribution in [1.29, 1.82) is 0 Å². The SMILES string of the molecule is CCCCCC1COC(c2ccc(-c3ccc(-c4cc(F)c(C=CC(F)(F)Oc5cc(F)c(F)c(F)c5)c(F)c4)c(F)c3)cc2)OC1. The van der Waals surface area contributed by atoms with E-state index in [1.165, 1.54) is 18.6 Å². The molecule has 11 heteroatoms. The minimum absolute atomic E-state index is 0.0497. The van der Waals surface area contributed by atoms with Gasteiger partial charge in [0, 0.05) is 40.8 Å². The van der Waals surface area contributed by atoms with Crippen LogP contribution >= 0.6 is 0 Å². The Hall–Kier alpha value is -4.22. The fraction of sp³-hybridized carbons (Fsp3) is 0.278. The number of hydrogen-bond acceptors (Lipinski definition) is 3. The summed E-state index contributed by atoms with van der Waals surface area (Å²) in [5.41, 5.74) is 0.785. The maximum Gasteiger partial charge on any atom is 0.419 e. The molecule has 4 aromatic carbocycles. The summed E-state index contributed by atoms with van der Waals surface area (Å²) in [7, 11) is 0. The molecule has 0 aromatic heterocycles. The Bertz CT molecular complexity index is 1690. The van der Waals surface area contributed by atoms with Crippen LogP contribution < -0.4 is 4.74 Å². The first-order valence-electron chi connectivity index (χ1n) is 15.0. The van der Waals surface area contributed by atoms with Gasteiger partial charge in [0.25, 0.3) is 0 Å². The van der Waals surface area contributed by atoms with Crippen molar-refractivity contribution >= 4 is 6.08 Å². The average Bonchev–Trinajstić information content (AvgIpc) is 3.03. The molecule has 0 amide bonds. The second kappa shape index (κ2) is 14.7. The second-order valence-electron chi connectivity index (χ2n) is 11.2. The van der Waals surface area contributed by atoms with Gasteiger partial charge in [0.1, 0.15) is 23.2 Å². The van der Waals surface area contributed by atoms with E-state index < -0.39 is 58.6 Å². The number of hydrogen-bond donors (Lipinski definition) is 0. The van der Waals surface area contributed by atoms with Gasteiger partial charge in [-0.1, -0.05) is 62.6 Å². The minimum Gasteiger partial charge on any atom is -0.429 e. The van der Waals surface area contributed by atoms with Crippen molar-refractivity contribution in [2.24, 2.45) is 5.92 Å². The zero-order chi connectivity index (χ0) is 33.7. The van der Waals surface area contributed by atoms with Crippen LogP contribution in [-0.2, 0) is 9.47 Å². The van der Waals surface area contributed by atoms with E-state index in [2.05, 4.69) is 11.7 Å². The van der Waals surface area contributed by atoms with Crippen LogP contribution in [0, 0.1) is 40.8 Å². The molecule has 1 saturated heterocycles. The zero-order valence-corrected chi connectivity index (χ0v) is 25.2. The number of unbranched alkanes of at least 4 members (excludes halogenated alkanes) is 2. The van der Waals surface area contributed by atoms with Gasteiger partial charge >= 0.3 is 6.11 Å². The molecule has 0 atom stereocenters. The van der Waals surface area contributed by atoms with E-state index in [-0.39, 0.29) is 29.3 Å². The van der Waals surface area contributed by atoms with Crippen LogP contribution in [0.25, 0.3) is 28.3 Å². The average molecular weight is 663 g/mol. The van der Waals surface area contributed by atoms with E-state index in [9.17, 15) is 30.7 Å². The van der Waals surface area contributed by atoms with Crippen LogP contribution in [0.4, 0.5) is 35.1 Å². The highest BCUT2D eigenvalue weighted by atomic mass is 19.3. The fourth-order valence-corrected chi connectivity index (χ4v) is 5.21. The molecule has 0 bridgehead atoms. The second-order valence-corrected chi connectivity index (χ2v) is 11.2.